The van der Waals surface area contributed by atoms with E-state index in [1.165, 1.54) is 26.4 Å². The summed E-state index contributed by atoms with van der Waals surface area (Å²) in [4.78, 5) is 52.1. The number of rotatable bonds is 8. The molecule has 33 heavy (non-hydrogen) atoms. The number of nitro groups is 1. The number of ether oxygens (including phenoxy) is 2. The van der Waals surface area contributed by atoms with Crippen molar-refractivity contribution in [3.05, 3.63) is 68.7 Å². The molecule has 2 aromatic carbocycles. The Hall–Kier alpha value is -3.34. The number of amides is 3. The molecule has 1 heterocycles. The first kappa shape index (κ1) is 24.3. The zero-order valence-electron chi connectivity index (χ0n) is 18.2. The Balaban J connectivity index is 1.99. The van der Waals surface area contributed by atoms with Gasteiger partial charge in [-0.1, -0.05) is 29.3 Å². The van der Waals surface area contributed by atoms with Gasteiger partial charge in [0.1, 0.15) is 11.1 Å². The second-order valence-corrected chi connectivity index (χ2v) is 7.81. The summed E-state index contributed by atoms with van der Waals surface area (Å²) >= 11 is 5.86. The fourth-order valence-electron chi connectivity index (χ4n) is 3.53. The molecule has 1 aliphatic heterocycles. The summed E-state index contributed by atoms with van der Waals surface area (Å²) in [5.41, 5.74) is 0.833. The first-order valence-corrected chi connectivity index (χ1v) is 10.3. The third kappa shape index (κ3) is 5.03. The molecule has 0 saturated carbocycles. The quantitative estimate of drug-likeness (QED) is 0.249. The van der Waals surface area contributed by atoms with E-state index in [9.17, 15) is 24.5 Å². The third-order valence-electron chi connectivity index (χ3n) is 5.31. The minimum absolute atomic E-state index is 0.0638. The molecule has 1 atom stereocenters. The lowest BCUT2D eigenvalue weighted by molar-refractivity contribution is -0.384. The van der Waals surface area contributed by atoms with E-state index in [0.717, 1.165) is 21.4 Å². The molecule has 1 aliphatic rings. The molecule has 1 unspecified atom stereocenters. The minimum Gasteiger partial charge on any atom is -0.354 e. The molecule has 11 heteroatoms. The fourth-order valence-corrected chi connectivity index (χ4v) is 3.72. The highest BCUT2D eigenvalue weighted by Gasteiger charge is 2.45. The van der Waals surface area contributed by atoms with Crippen LogP contribution in [-0.4, -0.2) is 60.6 Å². The van der Waals surface area contributed by atoms with Crippen LogP contribution in [-0.2, 0) is 19.1 Å². The van der Waals surface area contributed by atoms with E-state index in [4.69, 9.17) is 21.1 Å². The molecule has 1 fully saturated rings. The lowest BCUT2D eigenvalue weighted by Crippen LogP contribution is -2.49. The van der Waals surface area contributed by atoms with Crippen LogP contribution in [0.25, 0.3) is 0 Å². The van der Waals surface area contributed by atoms with E-state index in [0.29, 0.717) is 5.69 Å². The van der Waals surface area contributed by atoms with Crippen molar-refractivity contribution in [2.24, 2.45) is 0 Å². The molecule has 3 amide bonds. The monoisotopic (exact) mass is 475 g/mol. The van der Waals surface area contributed by atoms with E-state index < -0.39 is 40.7 Å². The van der Waals surface area contributed by atoms with Crippen LogP contribution >= 0.6 is 11.6 Å². The van der Waals surface area contributed by atoms with Crippen molar-refractivity contribution >= 4 is 40.7 Å². The van der Waals surface area contributed by atoms with Gasteiger partial charge in [0.15, 0.2) is 6.29 Å². The predicted molar refractivity (Wildman–Crippen MR) is 119 cm³/mol. The van der Waals surface area contributed by atoms with Gasteiger partial charge in [0.2, 0.25) is 5.91 Å². The largest absolute Gasteiger partial charge is 0.354 e. The van der Waals surface area contributed by atoms with Gasteiger partial charge in [0.05, 0.1) is 23.6 Å². The van der Waals surface area contributed by atoms with Crippen molar-refractivity contribution < 1.29 is 28.8 Å². The molecule has 0 bridgehead atoms. The average molecular weight is 476 g/mol. The van der Waals surface area contributed by atoms with Gasteiger partial charge in [-0.3, -0.25) is 24.5 Å². The first-order chi connectivity index (χ1) is 15.7. The Kier molecular flexibility index (Phi) is 7.42. The van der Waals surface area contributed by atoms with E-state index in [2.05, 4.69) is 0 Å². The standard InChI is InChI=1S/C22H22ClN3O7/c1-13-4-7-15(8-5-13)25-19(27)11-18(22(25)29)24(12-20(32-2)33-3)21(28)14-6-9-16(23)17(10-14)26(30)31/h4-10,18,20H,11-12H2,1-3H3. The number of imide groups is 1. The number of benzene rings is 2. The Morgan fingerprint density at radius 1 is 1.21 bits per heavy atom. The van der Waals surface area contributed by atoms with Gasteiger partial charge in [-0.05, 0) is 31.2 Å². The van der Waals surface area contributed by atoms with E-state index in [-0.39, 0.29) is 23.6 Å². The van der Waals surface area contributed by atoms with Crippen LogP contribution in [0.4, 0.5) is 11.4 Å². The van der Waals surface area contributed by atoms with E-state index in [1.807, 2.05) is 6.92 Å². The lowest BCUT2D eigenvalue weighted by atomic mass is 10.1. The zero-order valence-corrected chi connectivity index (χ0v) is 18.9. The second kappa shape index (κ2) is 10.1. The van der Waals surface area contributed by atoms with Gasteiger partial charge < -0.3 is 14.4 Å². The Bertz CT molecular complexity index is 1090. The molecule has 0 radical (unpaired) electrons. The second-order valence-electron chi connectivity index (χ2n) is 7.40. The van der Waals surface area contributed by atoms with Crippen molar-refractivity contribution in [1.82, 2.24) is 4.90 Å². The average Bonchev–Trinajstić information content (AvgIpc) is 3.08. The zero-order chi connectivity index (χ0) is 24.3. The van der Waals surface area contributed by atoms with Gasteiger partial charge in [0, 0.05) is 25.8 Å². The number of aryl methyl sites for hydroxylation is 1. The lowest BCUT2D eigenvalue weighted by Gasteiger charge is -2.30. The summed E-state index contributed by atoms with van der Waals surface area (Å²) in [5, 5.41) is 11.1. The number of anilines is 1. The van der Waals surface area contributed by atoms with Crippen molar-refractivity contribution in [2.75, 3.05) is 25.7 Å². The fraction of sp³-hybridized carbons (Fsp3) is 0.318. The van der Waals surface area contributed by atoms with Gasteiger partial charge in [-0.25, -0.2) is 4.90 Å². The maximum Gasteiger partial charge on any atom is 0.288 e. The molecular formula is C22H22ClN3O7. The maximum atomic E-state index is 13.4. The Labute approximate surface area is 194 Å². The van der Waals surface area contributed by atoms with Gasteiger partial charge in [0.25, 0.3) is 17.5 Å². The van der Waals surface area contributed by atoms with Crippen molar-refractivity contribution in [1.29, 1.82) is 0 Å². The molecule has 10 nitrogen and oxygen atoms in total. The SMILES string of the molecule is COC(CN(C(=O)c1ccc(Cl)c([N+](=O)[O-])c1)C1CC(=O)N(c2ccc(C)cc2)C1=O)OC. The number of methoxy groups -OCH3 is 2. The smallest absolute Gasteiger partial charge is 0.288 e. The van der Waals surface area contributed by atoms with Crippen LogP contribution in [0.5, 0.6) is 0 Å². The first-order valence-electron chi connectivity index (χ1n) is 9.91. The molecule has 0 aliphatic carbocycles. The topological polar surface area (TPSA) is 119 Å². The predicted octanol–water partition coefficient (Wildman–Crippen LogP) is 2.95. The van der Waals surface area contributed by atoms with Crippen LogP contribution in [0, 0.1) is 17.0 Å². The molecule has 0 N–H and O–H groups in total. The minimum atomic E-state index is -1.14. The molecule has 1 saturated heterocycles. The van der Waals surface area contributed by atoms with Crippen LogP contribution < -0.4 is 4.90 Å². The summed E-state index contributed by atoms with van der Waals surface area (Å²) in [5.74, 6) is -1.77. The van der Waals surface area contributed by atoms with Gasteiger partial charge in [-0.2, -0.15) is 0 Å². The van der Waals surface area contributed by atoms with Crippen molar-refractivity contribution in [3.63, 3.8) is 0 Å². The van der Waals surface area contributed by atoms with Crippen molar-refractivity contribution in [2.45, 2.75) is 25.7 Å². The number of hydrogen-bond acceptors (Lipinski definition) is 7. The van der Waals surface area contributed by atoms with E-state index >= 15 is 0 Å². The number of hydrogen-bond donors (Lipinski definition) is 0. The number of nitro benzene ring substituents is 1. The van der Waals surface area contributed by atoms with Gasteiger partial charge in [-0.15, -0.1) is 0 Å². The van der Waals surface area contributed by atoms with Crippen LogP contribution in [0.3, 0.4) is 0 Å². The highest BCUT2D eigenvalue weighted by atomic mass is 35.5. The Morgan fingerprint density at radius 3 is 2.42 bits per heavy atom. The van der Waals surface area contributed by atoms with Crippen molar-refractivity contribution in [3.8, 4) is 0 Å². The molecule has 3 rings (SSSR count). The number of carbonyl (C=O) groups excluding carboxylic acids is 3. The molecule has 174 valence electrons. The van der Waals surface area contributed by atoms with E-state index in [1.54, 1.807) is 24.3 Å². The van der Waals surface area contributed by atoms with Crippen LogP contribution in [0.1, 0.15) is 22.3 Å². The molecule has 0 aromatic heterocycles. The number of nitrogens with zero attached hydrogens (tertiary/aromatic N) is 3. The highest BCUT2D eigenvalue weighted by molar-refractivity contribution is 6.32. The summed E-state index contributed by atoms with van der Waals surface area (Å²) in [6.45, 7) is 1.69. The summed E-state index contributed by atoms with van der Waals surface area (Å²) in [6, 6.07) is 9.27. The molecular weight excluding hydrogens is 454 g/mol. The van der Waals surface area contributed by atoms with Gasteiger partial charge >= 0.3 is 0 Å². The molecule has 0 spiro atoms. The third-order valence-corrected chi connectivity index (χ3v) is 5.63. The number of carbonyl (C=O) groups is 3. The summed E-state index contributed by atoms with van der Waals surface area (Å²) < 4.78 is 10.4. The highest BCUT2D eigenvalue weighted by Crippen LogP contribution is 2.29. The summed E-state index contributed by atoms with van der Waals surface area (Å²) in [7, 11) is 2.73. The molecule has 2 aromatic rings. The van der Waals surface area contributed by atoms with Crippen LogP contribution in [0.15, 0.2) is 42.5 Å². The Morgan fingerprint density at radius 2 is 1.85 bits per heavy atom. The summed E-state index contributed by atoms with van der Waals surface area (Å²) in [6.07, 6.45) is -1.15. The van der Waals surface area contributed by atoms with Crippen LogP contribution in [0.2, 0.25) is 5.02 Å². The number of halogens is 1. The normalized spacial score (nSPS) is 15.9. The maximum absolute atomic E-state index is 13.4.